The van der Waals surface area contributed by atoms with Gasteiger partial charge < -0.3 is 16.4 Å². The third-order valence-corrected chi connectivity index (χ3v) is 7.14. The first-order valence-electron chi connectivity index (χ1n) is 10.9. The molecule has 0 radical (unpaired) electrons. The highest BCUT2D eigenvalue weighted by Crippen LogP contribution is 2.54. The minimum absolute atomic E-state index is 0.0518. The number of rotatable bonds is 6. The van der Waals surface area contributed by atoms with E-state index in [0.717, 1.165) is 10.5 Å². The van der Waals surface area contributed by atoms with Gasteiger partial charge in [-0.1, -0.05) is 58.5 Å². The van der Waals surface area contributed by atoms with Gasteiger partial charge in [-0.2, -0.15) is 0 Å². The van der Waals surface area contributed by atoms with Gasteiger partial charge in [0.1, 0.15) is 5.54 Å². The molecule has 2 heterocycles. The average Bonchev–Trinajstić information content (AvgIpc) is 3.25. The van der Waals surface area contributed by atoms with Gasteiger partial charge in [0.25, 0.3) is 0 Å². The number of carbonyl (C=O) groups is 2. The van der Waals surface area contributed by atoms with Crippen LogP contribution in [0, 0.1) is 0 Å². The minimum Gasteiger partial charge on any atom is -0.330 e. The molecule has 4 N–H and O–H groups in total. The van der Waals surface area contributed by atoms with Crippen LogP contribution in [0.15, 0.2) is 42.6 Å². The largest absolute Gasteiger partial charge is 0.330 e. The lowest BCUT2D eigenvalue weighted by Gasteiger charge is -2.44. The van der Waals surface area contributed by atoms with E-state index < -0.39 is 27.3 Å². The highest BCUT2D eigenvalue weighted by Gasteiger charge is 2.59. The van der Waals surface area contributed by atoms with Crippen molar-refractivity contribution in [2.45, 2.75) is 48.1 Å². The van der Waals surface area contributed by atoms with Gasteiger partial charge in [-0.3, -0.25) is 14.7 Å². The number of pyridine rings is 1. The highest BCUT2D eigenvalue weighted by atomic mass is 35.6. The average molecular weight is 547 g/mol. The Bertz CT molecular complexity index is 1030. The van der Waals surface area contributed by atoms with Crippen molar-refractivity contribution < 1.29 is 9.59 Å². The number of hydrogen-bond donors (Lipinski definition) is 2. The first kappa shape index (κ1) is 27.0. The van der Waals surface area contributed by atoms with Crippen molar-refractivity contribution >= 4 is 58.3 Å². The summed E-state index contributed by atoms with van der Waals surface area (Å²) in [5.41, 5.74) is 12.3. The van der Waals surface area contributed by atoms with Crippen molar-refractivity contribution in [2.24, 2.45) is 11.5 Å². The Morgan fingerprint density at radius 3 is 2.56 bits per heavy atom. The van der Waals surface area contributed by atoms with Crippen LogP contribution in [0.2, 0.25) is 5.02 Å². The zero-order chi connectivity index (χ0) is 25.1. The van der Waals surface area contributed by atoms with Crippen LogP contribution in [0.1, 0.15) is 36.6 Å². The molecule has 11 heteroatoms. The van der Waals surface area contributed by atoms with Gasteiger partial charge in [-0.15, -0.1) is 0 Å². The van der Waals surface area contributed by atoms with E-state index in [2.05, 4.69) is 4.98 Å². The molecule has 0 aliphatic carbocycles. The summed E-state index contributed by atoms with van der Waals surface area (Å²) in [6.07, 6.45) is 3.05. The molecule has 2 atom stereocenters. The molecule has 0 unspecified atom stereocenters. The number of nitrogens with two attached hydrogens (primary N) is 2. The van der Waals surface area contributed by atoms with Crippen LogP contribution in [0.4, 0.5) is 4.79 Å². The number of carbonyl (C=O) groups excluding carboxylic acids is 2. The summed E-state index contributed by atoms with van der Waals surface area (Å²) < 4.78 is -1.91. The molecule has 1 aromatic carbocycles. The molecule has 7 nitrogen and oxygen atoms in total. The maximum absolute atomic E-state index is 14.0. The zero-order valence-electron chi connectivity index (χ0n) is 18.7. The Morgan fingerprint density at radius 2 is 1.97 bits per heavy atom. The van der Waals surface area contributed by atoms with E-state index in [-0.39, 0.29) is 13.1 Å². The van der Waals surface area contributed by atoms with E-state index in [1.165, 1.54) is 11.8 Å². The number of hydrogen-bond acceptors (Lipinski definition) is 5. The second-order valence-corrected chi connectivity index (χ2v) is 11.0. The third-order valence-electron chi connectivity index (χ3n) is 5.97. The molecule has 3 amide bonds. The maximum Gasteiger partial charge on any atom is 0.327 e. The predicted molar refractivity (Wildman–Crippen MR) is 136 cm³/mol. The van der Waals surface area contributed by atoms with Crippen LogP contribution in [0.3, 0.4) is 0 Å². The fraction of sp³-hybridized carbons (Fsp3) is 0.435. The lowest BCUT2D eigenvalue weighted by Crippen LogP contribution is -2.59. The molecule has 1 aliphatic rings. The van der Waals surface area contributed by atoms with Gasteiger partial charge >= 0.3 is 6.03 Å². The second-order valence-electron chi connectivity index (χ2n) is 8.28. The van der Waals surface area contributed by atoms with Crippen LogP contribution in [-0.2, 0) is 23.3 Å². The van der Waals surface area contributed by atoms with Crippen LogP contribution < -0.4 is 11.5 Å². The fourth-order valence-corrected chi connectivity index (χ4v) is 5.41. The van der Waals surface area contributed by atoms with Crippen LogP contribution in [0.5, 0.6) is 0 Å². The van der Waals surface area contributed by atoms with Gasteiger partial charge in [0.05, 0.1) is 18.3 Å². The number of likely N-dealkylation sites (tertiary alicyclic amines) is 1. The Balaban J connectivity index is 2.08. The Kier molecular flexibility index (Phi) is 8.71. The minimum atomic E-state index is -1.91. The number of amides is 3. The molecule has 1 aliphatic heterocycles. The Morgan fingerprint density at radius 1 is 1.24 bits per heavy atom. The van der Waals surface area contributed by atoms with Gasteiger partial charge in [0.15, 0.2) is 0 Å². The topological polar surface area (TPSA) is 106 Å². The molecule has 184 valence electrons. The molecule has 2 aromatic rings. The van der Waals surface area contributed by atoms with Crippen LogP contribution >= 0.6 is 46.4 Å². The Hall–Kier alpha value is -1.61. The quantitative estimate of drug-likeness (QED) is 0.522. The summed E-state index contributed by atoms with van der Waals surface area (Å²) in [5.74, 6) is -0.560. The molecular formula is C23H27Cl4N5O2. The molecule has 0 bridgehead atoms. The summed E-state index contributed by atoms with van der Waals surface area (Å²) in [5, 5.41) is 0.474. The number of urea groups is 1. The highest BCUT2D eigenvalue weighted by molar-refractivity contribution is 6.68. The zero-order valence-corrected chi connectivity index (χ0v) is 21.7. The number of halogens is 4. The van der Waals surface area contributed by atoms with Crippen molar-refractivity contribution in [1.29, 1.82) is 0 Å². The van der Waals surface area contributed by atoms with Gasteiger partial charge in [0.2, 0.25) is 9.70 Å². The van der Waals surface area contributed by atoms with Crippen molar-refractivity contribution in [3.8, 4) is 0 Å². The molecule has 1 aromatic heterocycles. The van der Waals surface area contributed by atoms with E-state index in [4.69, 9.17) is 57.9 Å². The Labute approximate surface area is 219 Å². The van der Waals surface area contributed by atoms with E-state index >= 15 is 0 Å². The van der Waals surface area contributed by atoms with Gasteiger partial charge in [-0.05, 0) is 68.1 Å². The smallest absolute Gasteiger partial charge is 0.327 e. The van der Waals surface area contributed by atoms with Crippen molar-refractivity contribution in [1.82, 2.24) is 14.8 Å². The summed E-state index contributed by atoms with van der Waals surface area (Å²) in [6.45, 7) is 2.14. The van der Waals surface area contributed by atoms with E-state index in [1.54, 1.807) is 36.5 Å². The summed E-state index contributed by atoms with van der Waals surface area (Å²) in [6, 6.07) is 8.95. The number of imide groups is 1. The monoisotopic (exact) mass is 545 g/mol. The van der Waals surface area contributed by atoms with Crippen molar-refractivity contribution in [3.05, 3.63) is 64.4 Å². The van der Waals surface area contributed by atoms with E-state index in [1.807, 2.05) is 6.07 Å². The predicted octanol–water partition coefficient (Wildman–Crippen LogP) is 4.39. The molecule has 3 rings (SSSR count). The number of nitrogens with zero attached hydrogens (tertiary/aromatic N) is 3. The maximum atomic E-state index is 14.0. The van der Waals surface area contributed by atoms with Gasteiger partial charge in [0, 0.05) is 17.8 Å². The van der Waals surface area contributed by atoms with Crippen molar-refractivity contribution in [2.75, 3.05) is 13.1 Å². The molecule has 34 heavy (non-hydrogen) atoms. The normalized spacial score (nSPS) is 19.2. The van der Waals surface area contributed by atoms with E-state index in [9.17, 15) is 9.59 Å². The lowest BCUT2D eigenvalue weighted by molar-refractivity contribution is -0.130. The number of benzene rings is 1. The van der Waals surface area contributed by atoms with Crippen molar-refractivity contribution in [3.63, 3.8) is 0 Å². The molecule has 0 spiro atoms. The third kappa shape index (κ3) is 5.30. The van der Waals surface area contributed by atoms with E-state index in [0.29, 0.717) is 42.1 Å². The lowest BCUT2D eigenvalue weighted by atomic mass is 9.93. The molecule has 1 fully saturated rings. The second kappa shape index (κ2) is 11.0. The summed E-state index contributed by atoms with van der Waals surface area (Å²) in [7, 11) is 0. The summed E-state index contributed by atoms with van der Waals surface area (Å²) in [4.78, 5) is 34.1. The molecule has 0 saturated carbocycles. The standard InChI is InChI=1S/C23H27Cl4N5O2/c1-15(29)20(33)31(14-17-13-18(24)7-6-16(17)8-10-28)21(34)32-12-4-9-22(32,23(25,26)27)19-5-2-3-11-30-19/h2-3,5-7,11,13,15H,4,8-10,12,14,28-29H2,1H3/t15-,22-/m1/s1. The first-order valence-corrected chi connectivity index (χ1v) is 12.4. The molecular weight excluding hydrogens is 520 g/mol. The fourth-order valence-electron chi connectivity index (χ4n) is 4.33. The molecule has 1 saturated heterocycles. The summed E-state index contributed by atoms with van der Waals surface area (Å²) >= 11 is 25.7. The number of alkyl halides is 3. The first-order chi connectivity index (χ1) is 16.0. The van der Waals surface area contributed by atoms with Crippen LogP contribution in [0.25, 0.3) is 0 Å². The van der Waals surface area contributed by atoms with Crippen LogP contribution in [-0.4, -0.2) is 49.6 Å². The SMILES string of the molecule is C[C@@H](N)C(=O)N(Cc1cc(Cl)ccc1CCN)C(=O)N1CCC[C@@]1(c1ccccn1)C(Cl)(Cl)Cl. The van der Waals surface area contributed by atoms with Gasteiger partial charge in [-0.25, -0.2) is 4.79 Å². The number of aromatic nitrogens is 1.